The van der Waals surface area contributed by atoms with E-state index in [0.717, 1.165) is 17.7 Å². The first-order chi connectivity index (χ1) is 13.3. The number of nitrogens with one attached hydrogen (secondary N) is 2. The summed E-state index contributed by atoms with van der Waals surface area (Å²) in [6.45, 7) is 0.303. The van der Waals surface area contributed by atoms with E-state index in [0.29, 0.717) is 17.1 Å². The van der Waals surface area contributed by atoms with Crippen LogP contribution in [0, 0.1) is 11.8 Å². The number of amides is 2. The summed E-state index contributed by atoms with van der Waals surface area (Å²) < 4.78 is 49.3. The lowest BCUT2D eigenvalue weighted by molar-refractivity contribution is -0.137. The van der Waals surface area contributed by atoms with E-state index in [2.05, 4.69) is 22.5 Å². The molecule has 0 aromatic heterocycles. The van der Waals surface area contributed by atoms with Crippen LogP contribution in [0.4, 0.5) is 18.0 Å². The molecule has 2 rings (SSSR count). The minimum Gasteiger partial charge on any atom is -0.337 e. The molecule has 28 heavy (non-hydrogen) atoms. The maximum absolute atomic E-state index is 12.5. The van der Waals surface area contributed by atoms with Gasteiger partial charge in [0.2, 0.25) is 0 Å². The Hall–Kier alpha value is -2.79. The molecule has 148 valence electrons. The number of halogens is 3. The van der Waals surface area contributed by atoms with Crippen molar-refractivity contribution in [3.05, 3.63) is 71.3 Å². The van der Waals surface area contributed by atoms with Crippen molar-refractivity contribution in [2.45, 2.75) is 11.9 Å². The second kappa shape index (κ2) is 10.5. The zero-order valence-corrected chi connectivity index (χ0v) is 15.7. The number of carbonyl (C=O) groups excluding carboxylic acids is 1. The van der Waals surface area contributed by atoms with Crippen LogP contribution in [0.25, 0.3) is 0 Å². The van der Waals surface area contributed by atoms with Crippen LogP contribution in [-0.4, -0.2) is 29.1 Å². The van der Waals surface area contributed by atoms with E-state index in [1.165, 1.54) is 12.1 Å². The maximum Gasteiger partial charge on any atom is 0.416 e. The lowest BCUT2D eigenvalue weighted by atomic mass is 10.1. The quantitative estimate of drug-likeness (QED) is 0.721. The fraction of sp³-hybridized carbons (Fsp3) is 0.250. The van der Waals surface area contributed by atoms with Crippen LogP contribution in [0.15, 0.2) is 54.6 Å². The molecule has 0 radical (unpaired) electrons. The van der Waals surface area contributed by atoms with Crippen LogP contribution >= 0.6 is 0 Å². The number of hydrogen-bond donors (Lipinski definition) is 2. The van der Waals surface area contributed by atoms with E-state index < -0.39 is 28.6 Å². The second-order valence-corrected chi connectivity index (χ2v) is 7.34. The number of alkyl halides is 3. The number of urea groups is 1. The zero-order chi connectivity index (χ0) is 20.4. The van der Waals surface area contributed by atoms with Crippen molar-refractivity contribution in [3.63, 3.8) is 0 Å². The molecule has 4 nitrogen and oxygen atoms in total. The van der Waals surface area contributed by atoms with Gasteiger partial charge in [0.1, 0.15) is 0 Å². The van der Waals surface area contributed by atoms with E-state index in [-0.39, 0.29) is 13.1 Å². The molecule has 0 aliphatic rings. The highest BCUT2D eigenvalue weighted by atomic mass is 32.2. The zero-order valence-electron chi connectivity index (χ0n) is 14.9. The van der Waals surface area contributed by atoms with Gasteiger partial charge in [-0.1, -0.05) is 42.2 Å². The van der Waals surface area contributed by atoms with Gasteiger partial charge < -0.3 is 10.6 Å². The normalized spacial score (nSPS) is 11.8. The summed E-state index contributed by atoms with van der Waals surface area (Å²) >= 11 is 0. The molecule has 2 N–H and O–H groups in total. The van der Waals surface area contributed by atoms with Gasteiger partial charge in [0.05, 0.1) is 12.1 Å². The first kappa shape index (κ1) is 21.5. The average Bonchev–Trinajstić information content (AvgIpc) is 2.66. The van der Waals surface area contributed by atoms with Gasteiger partial charge in [-0.15, -0.1) is 0 Å². The van der Waals surface area contributed by atoms with Gasteiger partial charge in [0.15, 0.2) is 0 Å². The summed E-state index contributed by atoms with van der Waals surface area (Å²) in [5, 5.41) is 5.10. The van der Waals surface area contributed by atoms with Crippen LogP contribution in [-0.2, 0) is 22.7 Å². The second-order valence-electron chi connectivity index (χ2n) is 5.76. The van der Waals surface area contributed by atoms with Crippen LogP contribution in [0.3, 0.4) is 0 Å². The van der Waals surface area contributed by atoms with Gasteiger partial charge in [0.25, 0.3) is 0 Å². The molecule has 1 unspecified atom stereocenters. The van der Waals surface area contributed by atoms with Crippen LogP contribution in [0.5, 0.6) is 0 Å². The summed E-state index contributed by atoms with van der Waals surface area (Å²) in [7, 11) is -1.08. The van der Waals surface area contributed by atoms with Crippen molar-refractivity contribution in [2.24, 2.45) is 0 Å². The number of rotatable bonds is 6. The summed E-state index contributed by atoms with van der Waals surface area (Å²) in [6, 6.07) is 13.5. The van der Waals surface area contributed by atoms with E-state index in [1.54, 1.807) is 0 Å². The minimum absolute atomic E-state index is 0.0416. The molecular weight excluding hydrogens is 389 g/mol. The molecule has 0 fully saturated rings. The van der Waals surface area contributed by atoms with Gasteiger partial charge in [-0.3, -0.25) is 4.21 Å². The van der Waals surface area contributed by atoms with E-state index >= 15 is 0 Å². The molecule has 0 saturated carbocycles. The monoisotopic (exact) mass is 408 g/mol. The topological polar surface area (TPSA) is 58.2 Å². The molecule has 0 aliphatic heterocycles. The number of carbonyl (C=O) groups is 1. The van der Waals surface area contributed by atoms with E-state index in [4.69, 9.17) is 0 Å². The molecular formula is C20H19F3N2O2S. The molecule has 2 aromatic rings. The molecule has 2 aromatic carbocycles. The summed E-state index contributed by atoms with van der Waals surface area (Å²) in [5.74, 6) is 6.10. The number of hydrogen-bond acceptors (Lipinski definition) is 2. The maximum atomic E-state index is 12.5. The van der Waals surface area contributed by atoms with Gasteiger partial charge in [0, 0.05) is 34.4 Å². The predicted octanol–water partition coefficient (Wildman–Crippen LogP) is 3.31. The van der Waals surface area contributed by atoms with Crippen LogP contribution in [0.1, 0.15) is 16.7 Å². The van der Waals surface area contributed by atoms with Crippen molar-refractivity contribution in [3.8, 4) is 11.8 Å². The SMILES string of the molecule is O=C(NCC#Cc1ccc(C(F)(F)F)cc1)NCCS(=O)Cc1ccccc1. The van der Waals surface area contributed by atoms with Gasteiger partial charge >= 0.3 is 12.2 Å². The average molecular weight is 408 g/mol. The fourth-order valence-corrected chi connectivity index (χ4v) is 3.22. The third kappa shape index (κ3) is 7.84. The minimum atomic E-state index is -4.38. The highest BCUT2D eigenvalue weighted by Gasteiger charge is 2.29. The molecule has 0 saturated heterocycles. The van der Waals surface area contributed by atoms with Gasteiger partial charge in [-0.2, -0.15) is 13.2 Å². The Morgan fingerprint density at radius 3 is 2.32 bits per heavy atom. The lowest BCUT2D eigenvalue weighted by Crippen LogP contribution is -2.37. The van der Waals surface area contributed by atoms with Crippen molar-refractivity contribution in [1.82, 2.24) is 10.6 Å². The molecule has 0 bridgehead atoms. The van der Waals surface area contributed by atoms with Crippen molar-refractivity contribution in [2.75, 3.05) is 18.8 Å². The Morgan fingerprint density at radius 2 is 1.68 bits per heavy atom. The molecule has 0 spiro atoms. The largest absolute Gasteiger partial charge is 0.416 e. The molecule has 8 heteroatoms. The number of benzene rings is 2. The van der Waals surface area contributed by atoms with Crippen molar-refractivity contribution in [1.29, 1.82) is 0 Å². The smallest absolute Gasteiger partial charge is 0.337 e. The Bertz CT molecular complexity index is 857. The highest BCUT2D eigenvalue weighted by molar-refractivity contribution is 7.84. The first-order valence-electron chi connectivity index (χ1n) is 8.41. The molecule has 0 aliphatic carbocycles. The van der Waals surface area contributed by atoms with Crippen LogP contribution in [0.2, 0.25) is 0 Å². The Kier molecular flexibility index (Phi) is 8.08. The van der Waals surface area contributed by atoms with E-state index in [1.807, 2.05) is 30.3 Å². The third-order valence-electron chi connectivity index (χ3n) is 3.57. The Morgan fingerprint density at radius 1 is 1.00 bits per heavy atom. The van der Waals surface area contributed by atoms with Gasteiger partial charge in [-0.25, -0.2) is 4.79 Å². The predicted molar refractivity (Wildman–Crippen MR) is 103 cm³/mol. The Balaban J connectivity index is 1.65. The lowest BCUT2D eigenvalue weighted by Gasteiger charge is -2.06. The summed E-state index contributed by atoms with van der Waals surface area (Å²) in [4.78, 5) is 11.6. The summed E-state index contributed by atoms with van der Waals surface area (Å²) in [6.07, 6.45) is -4.38. The van der Waals surface area contributed by atoms with Gasteiger partial charge in [-0.05, 0) is 29.8 Å². The molecule has 2 amide bonds. The summed E-state index contributed by atoms with van der Waals surface area (Å²) in [5.41, 5.74) is 0.663. The first-order valence-corrected chi connectivity index (χ1v) is 9.90. The van der Waals surface area contributed by atoms with Crippen LogP contribution < -0.4 is 10.6 Å². The van der Waals surface area contributed by atoms with E-state index in [9.17, 15) is 22.2 Å². The highest BCUT2D eigenvalue weighted by Crippen LogP contribution is 2.28. The fourth-order valence-electron chi connectivity index (χ4n) is 2.19. The van der Waals surface area contributed by atoms with Crippen molar-refractivity contribution < 1.29 is 22.2 Å². The Labute approximate surface area is 164 Å². The van der Waals surface area contributed by atoms with Crippen molar-refractivity contribution >= 4 is 16.8 Å². The standard InChI is InChI=1S/C20H19F3N2O2S/c21-20(22,23)18-10-8-16(9-11-18)7-4-12-24-19(26)25-13-14-28(27)15-17-5-2-1-3-6-17/h1-3,5-6,8-11H,12-15H2,(H2,24,25,26). The third-order valence-corrected chi connectivity index (χ3v) is 4.88. The molecule has 1 atom stereocenters. The molecule has 0 heterocycles.